The molecule has 0 bridgehead atoms. The van der Waals surface area contributed by atoms with Crippen molar-refractivity contribution in [2.45, 2.75) is 64.1 Å². The maximum absolute atomic E-state index is 5.52. The fourth-order valence-electron chi connectivity index (χ4n) is 2.63. The average Bonchev–Trinajstić information content (AvgIpc) is 2.29. The summed E-state index contributed by atoms with van der Waals surface area (Å²) in [6, 6.07) is 0.603. The average molecular weight is 242 g/mol. The first-order valence-electron chi connectivity index (χ1n) is 6.80. The van der Waals surface area contributed by atoms with Gasteiger partial charge in [0.15, 0.2) is 0 Å². The van der Waals surface area contributed by atoms with E-state index in [-0.39, 0.29) is 5.60 Å². The van der Waals surface area contributed by atoms with Crippen LogP contribution in [0.1, 0.15) is 47.0 Å². The summed E-state index contributed by atoms with van der Waals surface area (Å²) >= 11 is 0. The Morgan fingerprint density at radius 1 is 1.35 bits per heavy atom. The number of rotatable bonds is 5. The number of piperidine rings is 1. The van der Waals surface area contributed by atoms with Gasteiger partial charge in [-0.1, -0.05) is 0 Å². The van der Waals surface area contributed by atoms with Crippen molar-refractivity contribution in [2.75, 3.05) is 27.2 Å². The van der Waals surface area contributed by atoms with E-state index in [0.717, 1.165) is 6.42 Å². The smallest absolute Gasteiger partial charge is 0.0637 e. The SMILES string of the molecule is CNC1(C)CCN(C(C)CC(C)(C)OC)CC1. The summed E-state index contributed by atoms with van der Waals surface area (Å²) in [7, 11) is 3.88. The van der Waals surface area contributed by atoms with Gasteiger partial charge in [0.1, 0.15) is 0 Å². The number of ether oxygens (including phenoxy) is 1. The number of likely N-dealkylation sites (tertiary alicyclic amines) is 1. The fourth-order valence-corrected chi connectivity index (χ4v) is 2.63. The summed E-state index contributed by atoms with van der Waals surface area (Å²) in [5.74, 6) is 0. The minimum Gasteiger partial charge on any atom is -0.379 e. The molecular weight excluding hydrogens is 212 g/mol. The zero-order chi connectivity index (χ0) is 13.1. The highest BCUT2D eigenvalue weighted by atomic mass is 16.5. The molecule has 3 heteroatoms. The molecule has 0 amide bonds. The van der Waals surface area contributed by atoms with E-state index in [1.165, 1.54) is 25.9 Å². The Hall–Kier alpha value is -0.120. The van der Waals surface area contributed by atoms with Crippen molar-refractivity contribution < 1.29 is 4.74 Å². The van der Waals surface area contributed by atoms with E-state index < -0.39 is 0 Å². The zero-order valence-corrected chi connectivity index (χ0v) is 12.5. The number of nitrogens with zero attached hydrogens (tertiary/aromatic N) is 1. The van der Waals surface area contributed by atoms with E-state index in [9.17, 15) is 0 Å². The van der Waals surface area contributed by atoms with E-state index in [1.54, 1.807) is 7.11 Å². The highest BCUT2D eigenvalue weighted by Gasteiger charge is 2.32. The molecule has 3 nitrogen and oxygen atoms in total. The fraction of sp³-hybridized carbons (Fsp3) is 1.00. The largest absolute Gasteiger partial charge is 0.379 e. The van der Waals surface area contributed by atoms with Gasteiger partial charge in [-0.2, -0.15) is 0 Å². The van der Waals surface area contributed by atoms with E-state index in [0.29, 0.717) is 11.6 Å². The third kappa shape index (κ3) is 4.23. The minimum atomic E-state index is -0.0107. The second-order valence-electron chi connectivity index (χ2n) is 6.36. The van der Waals surface area contributed by atoms with Crippen LogP contribution < -0.4 is 5.32 Å². The van der Waals surface area contributed by atoms with Crippen LogP contribution in [-0.4, -0.2) is 49.3 Å². The molecule has 1 rings (SSSR count). The molecule has 1 N–H and O–H groups in total. The third-order valence-corrected chi connectivity index (χ3v) is 4.47. The lowest BCUT2D eigenvalue weighted by atomic mass is 9.88. The lowest BCUT2D eigenvalue weighted by molar-refractivity contribution is -0.0119. The molecule has 1 atom stereocenters. The van der Waals surface area contributed by atoms with E-state index in [4.69, 9.17) is 4.74 Å². The third-order valence-electron chi connectivity index (χ3n) is 4.47. The first-order chi connectivity index (χ1) is 7.82. The van der Waals surface area contributed by atoms with Crippen LogP contribution in [0.4, 0.5) is 0 Å². The van der Waals surface area contributed by atoms with Crippen LogP contribution >= 0.6 is 0 Å². The molecule has 17 heavy (non-hydrogen) atoms. The van der Waals surface area contributed by atoms with Gasteiger partial charge < -0.3 is 15.0 Å². The van der Waals surface area contributed by atoms with Gasteiger partial charge in [0.25, 0.3) is 0 Å². The lowest BCUT2D eigenvalue weighted by Gasteiger charge is -2.43. The van der Waals surface area contributed by atoms with Crippen LogP contribution in [0.2, 0.25) is 0 Å². The molecule has 1 fully saturated rings. The van der Waals surface area contributed by atoms with Crippen LogP contribution in [0.15, 0.2) is 0 Å². The van der Waals surface area contributed by atoms with Crippen molar-refractivity contribution >= 4 is 0 Å². The molecule has 1 aliphatic heterocycles. The molecular formula is C14H30N2O. The van der Waals surface area contributed by atoms with Crippen molar-refractivity contribution in [2.24, 2.45) is 0 Å². The Labute approximate surface area is 107 Å². The Bertz CT molecular complexity index is 232. The van der Waals surface area contributed by atoms with E-state index in [1.807, 2.05) is 0 Å². The Kier molecular flexibility index (Phi) is 4.99. The van der Waals surface area contributed by atoms with Crippen LogP contribution in [-0.2, 0) is 4.74 Å². The van der Waals surface area contributed by atoms with Gasteiger partial charge >= 0.3 is 0 Å². The monoisotopic (exact) mass is 242 g/mol. The van der Waals surface area contributed by atoms with Crippen LogP contribution in [0.25, 0.3) is 0 Å². The summed E-state index contributed by atoms with van der Waals surface area (Å²) < 4.78 is 5.52. The Balaban J connectivity index is 2.43. The molecule has 1 heterocycles. The van der Waals surface area contributed by atoms with Crippen molar-refractivity contribution in [1.29, 1.82) is 0 Å². The number of nitrogens with one attached hydrogen (secondary N) is 1. The minimum absolute atomic E-state index is 0.0107. The van der Waals surface area contributed by atoms with Crippen LogP contribution in [0, 0.1) is 0 Å². The van der Waals surface area contributed by atoms with Gasteiger partial charge in [0, 0.05) is 31.8 Å². The Morgan fingerprint density at radius 2 is 1.88 bits per heavy atom. The maximum Gasteiger partial charge on any atom is 0.0637 e. The highest BCUT2D eigenvalue weighted by molar-refractivity contribution is 4.90. The summed E-state index contributed by atoms with van der Waals surface area (Å²) in [5.41, 5.74) is 0.330. The normalized spacial score (nSPS) is 23.6. The lowest BCUT2D eigenvalue weighted by Crippen LogP contribution is -2.52. The van der Waals surface area contributed by atoms with Crippen molar-refractivity contribution in [3.8, 4) is 0 Å². The zero-order valence-electron chi connectivity index (χ0n) is 12.5. The summed E-state index contributed by atoms with van der Waals surface area (Å²) in [6.45, 7) is 11.4. The van der Waals surface area contributed by atoms with Crippen LogP contribution in [0.3, 0.4) is 0 Å². The van der Waals surface area contributed by atoms with Crippen molar-refractivity contribution in [3.05, 3.63) is 0 Å². The van der Waals surface area contributed by atoms with Crippen LogP contribution in [0.5, 0.6) is 0 Å². The summed E-state index contributed by atoms with van der Waals surface area (Å²) in [4.78, 5) is 2.60. The molecule has 1 saturated heterocycles. The van der Waals surface area contributed by atoms with Gasteiger partial charge in [-0.3, -0.25) is 0 Å². The molecule has 0 spiro atoms. The first-order valence-corrected chi connectivity index (χ1v) is 6.80. The molecule has 0 aromatic rings. The Morgan fingerprint density at radius 3 is 2.29 bits per heavy atom. The van der Waals surface area contributed by atoms with Gasteiger partial charge in [-0.15, -0.1) is 0 Å². The second kappa shape index (κ2) is 5.68. The molecule has 0 saturated carbocycles. The number of hydrogen-bond donors (Lipinski definition) is 1. The standard InChI is InChI=1S/C14H30N2O/c1-12(11-13(2,3)17-6)16-9-7-14(4,15-5)8-10-16/h12,15H,7-11H2,1-6H3. The van der Waals surface area contributed by atoms with Gasteiger partial charge in [-0.25, -0.2) is 0 Å². The predicted molar refractivity (Wildman–Crippen MR) is 73.4 cm³/mol. The maximum atomic E-state index is 5.52. The molecule has 0 radical (unpaired) electrons. The first kappa shape index (κ1) is 14.9. The molecule has 102 valence electrons. The number of methoxy groups -OCH3 is 1. The molecule has 0 aromatic carbocycles. The van der Waals surface area contributed by atoms with E-state index in [2.05, 4.69) is 45.0 Å². The number of hydrogen-bond acceptors (Lipinski definition) is 3. The topological polar surface area (TPSA) is 24.5 Å². The molecule has 1 unspecified atom stereocenters. The summed E-state index contributed by atoms with van der Waals surface area (Å²) in [6.07, 6.45) is 3.57. The van der Waals surface area contributed by atoms with Crippen molar-refractivity contribution in [1.82, 2.24) is 10.2 Å². The molecule has 1 aliphatic rings. The summed E-state index contributed by atoms with van der Waals surface area (Å²) in [5, 5.41) is 3.45. The molecule has 0 aliphatic carbocycles. The highest BCUT2D eigenvalue weighted by Crippen LogP contribution is 2.26. The van der Waals surface area contributed by atoms with Gasteiger partial charge in [-0.05, 0) is 54.0 Å². The van der Waals surface area contributed by atoms with Crippen molar-refractivity contribution in [3.63, 3.8) is 0 Å². The van der Waals surface area contributed by atoms with Gasteiger partial charge in [0.2, 0.25) is 0 Å². The quantitative estimate of drug-likeness (QED) is 0.800. The van der Waals surface area contributed by atoms with E-state index >= 15 is 0 Å². The van der Waals surface area contributed by atoms with Gasteiger partial charge in [0.05, 0.1) is 5.60 Å². The second-order valence-corrected chi connectivity index (χ2v) is 6.36. The molecule has 0 aromatic heterocycles. The predicted octanol–water partition coefficient (Wildman–Crippen LogP) is 2.26.